The molecule has 0 radical (unpaired) electrons. The first-order chi connectivity index (χ1) is 15.6. The number of carbonyl (C=O) groups is 2. The van der Waals surface area contributed by atoms with E-state index in [0.29, 0.717) is 30.7 Å². The fraction of sp³-hybridized carbons (Fsp3) is 0.455. The van der Waals surface area contributed by atoms with Gasteiger partial charge in [-0.2, -0.15) is 13.2 Å². The predicted molar refractivity (Wildman–Crippen MR) is 112 cm³/mol. The van der Waals surface area contributed by atoms with Gasteiger partial charge in [0.05, 0.1) is 19.1 Å². The summed E-state index contributed by atoms with van der Waals surface area (Å²) in [5, 5.41) is 10.4. The van der Waals surface area contributed by atoms with Crippen molar-refractivity contribution < 1.29 is 32.6 Å². The number of aliphatic carboxylic acids is 1. The molecule has 2 aliphatic heterocycles. The van der Waals surface area contributed by atoms with Gasteiger partial charge in [0.15, 0.2) is 0 Å². The van der Waals surface area contributed by atoms with Crippen LogP contribution >= 0.6 is 0 Å². The van der Waals surface area contributed by atoms with Crippen LogP contribution in [0.4, 0.5) is 19.1 Å². The molecule has 0 unspecified atom stereocenters. The molecule has 11 heteroatoms. The van der Waals surface area contributed by atoms with Gasteiger partial charge in [-0.3, -0.25) is 4.79 Å². The first-order valence-electron chi connectivity index (χ1n) is 10.4. The van der Waals surface area contributed by atoms with Crippen molar-refractivity contribution in [2.45, 2.75) is 25.6 Å². The second kappa shape index (κ2) is 10.6. The van der Waals surface area contributed by atoms with E-state index in [2.05, 4.69) is 34.3 Å². The number of nitrogens with one attached hydrogen (secondary N) is 1. The molecule has 2 aromatic rings. The van der Waals surface area contributed by atoms with Crippen LogP contribution in [0.15, 0.2) is 42.7 Å². The van der Waals surface area contributed by atoms with Crippen molar-refractivity contribution in [3.05, 3.63) is 53.9 Å². The summed E-state index contributed by atoms with van der Waals surface area (Å²) in [6, 6.07) is 9.98. The van der Waals surface area contributed by atoms with Gasteiger partial charge in [-0.15, -0.1) is 0 Å². The Kier molecular flexibility index (Phi) is 7.85. The highest BCUT2D eigenvalue weighted by Gasteiger charge is 2.45. The summed E-state index contributed by atoms with van der Waals surface area (Å²) in [6.07, 6.45) is -1.02. The third kappa shape index (κ3) is 6.88. The van der Waals surface area contributed by atoms with Crippen LogP contribution in [0.25, 0.3) is 0 Å². The van der Waals surface area contributed by atoms with Gasteiger partial charge < -0.3 is 20.1 Å². The van der Waals surface area contributed by atoms with E-state index in [-0.39, 0.29) is 12.0 Å². The van der Waals surface area contributed by atoms with Crippen molar-refractivity contribution in [2.75, 3.05) is 31.6 Å². The van der Waals surface area contributed by atoms with Crippen molar-refractivity contribution in [3.63, 3.8) is 0 Å². The maximum atomic E-state index is 12.7. The standard InChI is InChI=1S/C20H24N4O2.C2HF3O2/c1-14-3-5-15(6-4-14)9-19(25)24-11-17-16(13-26-18(17)12-24)10-23-20-21-7-2-8-22-20;3-2(4,5)1(6)7/h2-8,16-18H,9-13H2,1H3,(H,21,22,23);(H,6,7)/t16-,17+,18+;/m0./s1. The number of halogens is 3. The van der Waals surface area contributed by atoms with E-state index in [1.165, 1.54) is 5.56 Å². The van der Waals surface area contributed by atoms with Gasteiger partial charge >= 0.3 is 12.1 Å². The zero-order valence-corrected chi connectivity index (χ0v) is 18.0. The number of anilines is 1. The molecule has 3 atom stereocenters. The van der Waals surface area contributed by atoms with E-state index in [9.17, 15) is 18.0 Å². The topological polar surface area (TPSA) is 105 Å². The highest BCUT2D eigenvalue weighted by molar-refractivity contribution is 5.79. The van der Waals surface area contributed by atoms with Crippen LogP contribution in [0.1, 0.15) is 11.1 Å². The quantitative estimate of drug-likeness (QED) is 0.698. The molecule has 1 aromatic carbocycles. The van der Waals surface area contributed by atoms with Crippen LogP contribution in [0.5, 0.6) is 0 Å². The SMILES string of the molecule is Cc1ccc(CC(=O)N2C[C@@H]3[C@@H](CNc4ncccn4)CO[C@@H]3C2)cc1.O=C(O)C(F)(F)F. The lowest BCUT2D eigenvalue weighted by atomic mass is 9.93. The molecule has 0 bridgehead atoms. The van der Waals surface area contributed by atoms with Gasteiger partial charge in [-0.25, -0.2) is 14.8 Å². The number of fused-ring (bicyclic) bond motifs is 1. The summed E-state index contributed by atoms with van der Waals surface area (Å²) in [7, 11) is 0. The molecule has 2 N–H and O–H groups in total. The predicted octanol–water partition coefficient (Wildman–Crippen LogP) is 2.55. The zero-order chi connectivity index (χ0) is 24.0. The number of amides is 1. The molecule has 0 aliphatic carbocycles. The van der Waals surface area contributed by atoms with Gasteiger partial charge in [0, 0.05) is 43.9 Å². The number of alkyl halides is 3. The van der Waals surface area contributed by atoms with E-state index in [4.69, 9.17) is 14.6 Å². The zero-order valence-electron chi connectivity index (χ0n) is 18.0. The minimum atomic E-state index is -5.08. The molecule has 33 heavy (non-hydrogen) atoms. The molecule has 0 spiro atoms. The van der Waals surface area contributed by atoms with E-state index in [0.717, 1.165) is 25.3 Å². The fourth-order valence-corrected chi connectivity index (χ4v) is 3.82. The smallest absolute Gasteiger partial charge is 0.475 e. The molecule has 4 rings (SSSR count). The summed E-state index contributed by atoms with van der Waals surface area (Å²) in [6.45, 7) is 5.03. The van der Waals surface area contributed by atoms with E-state index >= 15 is 0 Å². The van der Waals surface area contributed by atoms with Gasteiger partial charge in [0.2, 0.25) is 11.9 Å². The first-order valence-corrected chi connectivity index (χ1v) is 10.4. The Hall–Kier alpha value is -3.21. The number of hydrogen-bond donors (Lipinski definition) is 2. The third-order valence-electron chi connectivity index (χ3n) is 5.60. The van der Waals surface area contributed by atoms with E-state index in [1.807, 2.05) is 17.0 Å². The second-order valence-electron chi connectivity index (χ2n) is 8.01. The third-order valence-corrected chi connectivity index (χ3v) is 5.60. The Bertz CT molecular complexity index is 941. The van der Waals surface area contributed by atoms with Crippen molar-refractivity contribution in [3.8, 4) is 0 Å². The number of ether oxygens (including phenoxy) is 1. The Morgan fingerprint density at radius 1 is 1.18 bits per heavy atom. The Morgan fingerprint density at radius 2 is 1.82 bits per heavy atom. The average molecular weight is 466 g/mol. The lowest BCUT2D eigenvalue weighted by molar-refractivity contribution is -0.192. The largest absolute Gasteiger partial charge is 0.490 e. The molecular formula is C22H25F3N4O4. The minimum Gasteiger partial charge on any atom is -0.475 e. The number of carboxylic acids is 1. The lowest BCUT2D eigenvalue weighted by Gasteiger charge is -2.20. The summed E-state index contributed by atoms with van der Waals surface area (Å²) in [4.78, 5) is 31.9. The molecule has 1 amide bonds. The van der Waals surface area contributed by atoms with Crippen LogP contribution in [-0.2, 0) is 20.7 Å². The monoisotopic (exact) mass is 466 g/mol. The Labute approximate surface area is 188 Å². The van der Waals surface area contributed by atoms with Crippen molar-refractivity contribution in [1.82, 2.24) is 14.9 Å². The molecule has 2 aliphatic rings. The summed E-state index contributed by atoms with van der Waals surface area (Å²) >= 11 is 0. The molecule has 1 aromatic heterocycles. The number of rotatable bonds is 5. The number of nitrogens with zero attached hydrogens (tertiary/aromatic N) is 3. The summed E-state index contributed by atoms with van der Waals surface area (Å²) < 4.78 is 37.7. The lowest BCUT2D eigenvalue weighted by Crippen LogP contribution is -2.33. The van der Waals surface area contributed by atoms with Gasteiger partial charge in [-0.05, 0) is 18.6 Å². The van der Waals surface area contributed by atoms with Crippen molar-refractivity contribution in [1.29, 1.82) is 0 Å². The Balaban J connectivity index is 0.000000383. The van der Waals surface area contributed by atoms with Crippen LogP contribution in [0, 0.1) is 18.8 Å². The number of carbonyl (C=O) groups excluding carboxylic acids is 1. The highest BCUT2D eigenvalue weighted by Crippen LogP contribution is 2.34. The minimum absolute atomic E-state index is 0.153. The molecular weight excluding hydrogens is 441 g/mol. The van der Waals surface area contributed by atoms with Crippen LogP contribution < -0.4 is 5.32 Å². The maximum absolute atomic E-state index is 12.7. The number of carboxylic acid groups (broad SMARTS) is 1. The maximum Gasteiger partial charge on any atom is 0.490 e. The van der Waals surface area contributed by atoms with Gasteiger partial charge in [0.1, 0.15) is 0 Å². The number of aryl methyl sites for hydroxylation is 1. The number of likely N-dealkylation sites (tertiary alicyclic amines) is 1. The number of aromatic nitrogens is 2. The second-order valence-corrected chi connectivity index (χ2v) is 8.01. The number of benzene rings is 1. The van der Waals surface area contributed by atoms with Crippen LogP contribution in [-0.4, -0.2) is 70.4 Å². The molecule has 2 fully saturated rings. The average Bonchev–Trinajstić information content (AvgIpc) is 3.36. The van der Waals surface area contributed by atoms with E-state index < -0.39 is 12.1 Å². The van der Waals surface area contributed by atoms with Crippen molar-refractivity contribution in [2.24, 2.45) is 11.8 Å². The molecule has 178 valence electrons. The van der Waals surface area contributed by atoms with Crippen LogP contribution in [0.3, 0.4) is 0 Å². The molecule has 8 nitrogen and oxygen atoms in total. The Morgan fingerprint density at radius 3 is 2.42 bits per heavy atom. The van der Waals surface area contributed by atoms with Crippen molar-refractivity contribution >= 4 is 17.8 Å². The molecule has 0 saturated carbocycles. The fourth-order valence-electron chi connectivity index (χ4n) is 3.82. The highest BCUT2D eigenvalue weighted by atomic mass is 19.4. The molecule has 3 heterocycles. The first kappa shape index (κ1) is 24.4. The normalized spacial score (nSPS) is 21.7. The summed E-state index contributed by atoms with van der Waals surface area (Å²) in [5.74, 6) is -1.17. The van der Waals surface area contributed by atoms with E-state index in [1.54, 1.807) is 18.5 Å². The molecule has 2 saturated heterocycles. The van der Waals surface area contributed by atoms with Gasteiger partial charge in [0.25, 0.3) is 0 Å². The summed E-state index contributed by atoms with van der Waals surface area (Å²) in [5.41, 5.74) is 2.28. The van der Waals surface area contributed by atoms with Crippen LogP contribution in [0.2, 0.25) is 0 Å². The number of hydrogen-bond acceptors (Lipinski definition) is 6. The van der Waals surface area contributed by atoms with Gasteiger partial charge in [-0.1, -0.05) is 29.8 Å².